The number of aromatic amines is 1. The second-order valence-electron chi connectivity index (χ2n) is 3.09. The molecule has 0 spiro atoms. The minimum absolute atomic E-state index is 0.255. The Hall–Kier alpha value is -1.48. The molecule has 0 amide bonds. The molecule has 0 radical (unpaired) electrons. The van der Waals surface area contributed by atoms with Crippen LogP contribution in [-0.4, -0.2) is 16.1 Å². The van der Waals surface area contributed by atoms with Gasteiger partial charge in [0.15, 0.2) is 0 Å². The van der Waals surface area contributed by atoms with Crippen molar-refractivity contribution in [3.8, 4) is 0 Å². The van der Waals surface area contributed by atoms with Crippen molar-refractivity contribution >= 4 is 28.5 Å². The Morgan fingerprint density at radius 2 is 2.21 bits per heavy atom. The van der Waals surface area contributed by atoms with Gasteiger partial charge in [0.05, 0.1) is 10.6 Å². The highest BCUT2D eigenvalue weighted by molar-refractivity contribution is 6.36. The van der Waals surface area contributed by atoms with E-state index in [-0.39, 0.29) is 5.56 Å². The maximum absolute atomic E-state index is 11.0. The zero-order valence-corrected chi connectivity index (χ0v) is 8.22. The molecule has 1 aromatic carbocycles. The summed E-state index contributed by atoms with van der Waals surface area (Å²) in [6, 6.07) is 5.27. The summed E-state index contributed by atoms with van der Waals surface area (Å²) >= 11 is 5.94. The maximum Gasteiger partial charge on any atom is 0.338 e. The Morgan fingerprint density at radius 1 is 1.50 bits per heavy atom. The van der Waals surface area contributed by atoms with Crippen LogP contribution in [0.1, 0.15) is 16.1 Å². The zero-order chi connectivity index (χ0) is 10.3. The van der Waals surface area contributed by atoms with E-state index in [9.17, 15) is 4.79 Å². The van der Waals surface area contributed by atoms with Gasteiger partial charge in [0, 0.05) is 16.6 Å². The Labute approximate surface area is 85.3 Å². The van der Waals surface area contributed by atoms with E-state index in [4.69, 9.17) is 16.7 Å². The van der Waals surface area contributed by atoms with Crippen molar-refractivity contribution in [1.29, 1.82) is 0 Å². The van der Waals surface area contributed by atoms with Crippen LogP contribution in [-0.2, 0) is 0 Å². The van der Waals surface area contributed by atoms with E-state index in [2.05, 4.69) is 4.98 Å². The van der Waals surface area contributed by atoms with Gasteiger partial charge in [-0.05, 0) is 19.1 Å². The number of aromatic nitrogens is 1. The molecule has 4 heteroatoms. The highest BCUT2D eigenvalue weighted by atomic mass is 35.5. The first-order chi connectivity index (χ1) is 6.61. The van der Waals surface area contributed by atoms with Gasteiger partial charge in [-0.1, -0.05) is 17.7 Å². The van der Waals surface area contributed by atoms with Gasteiger partial charge in [-0.2, -0.15) is 0 Å². The third-order valence-corrected chi connectivity index (χ3v) is 2.49. The quantitative estimate of drug-likeness (QED) is 0.759. The van der Waals surface area contributed by atoms with Crippen molar-refractivity contribution in [3.05, 3.63) is 34.5 Å². The summed E-state index contributed by atoms with van der Waals surface area (Å²) in [6.07, 6.45) is 0. The van der Waals surface area contributed by atoms with Gasteiger partial charge in [-0.25, -0.2) is 4.79 Å². The molecule has 0 aliphatic carbocycles. The van der Waals surface area contributed by atoms with Crippen molar-refractivity contribution in [2.75, 3.05) is 0 Å². The van der Waals surface area contributed by atoms with E-state index in [1.54, 1.807) is 25.1 Å². The smallest absolute Gasteiger partial charge is 0.338 e. The fraction of sp³-hybridized carbons (Fsp3) is 0.100. The summed E-state index contributed by atoms with van der Waals surface area (Å²) in [5.74, 6) is -0.957. The summed E-state index contributed by atoms with van der Waals surface area (Å²) in [5.41, 5.74) is 1.64. The molecule has 2 N–H and O–H groups in total. The summed E-state index contributed by atoms with van der Waals surface area (Å²) in [6.45, 7) is 1.72. The van der Waals surface area contributed by atoms with Crippen LogP contribution in [0.25, 0.3) is 10.9 Å². The van der Waals surface area contributed by atoms with Crippen molar-refractivity contribution < 1.29 is 9.90 Å². The maximum atomic E-state index is 11.0. The van der Waals surface area contributed by atoms with Gasteiger partial charge >= 0.3 is 5.97 Å². The molecule has 0 atom stereocenters. The number of nitrogens with one attached hydrogen (secondary N) is 1. The van der Waals surface area contributed by atoms with Crippen LogP contribution >= 0.6 is 11.6 Å². The molecule has 0 aliphatic heterocycles. The molecule has 2 aromatic rings. The minimum Gasteiger partial charge on any atom is -0.478 e. The number of aryl methyl sites for hydroxylation is 1. The van der Waals surface area contributed by atoms with E-state index in [0.29, 0.717) is 16.1 Å². The predicted octanol–water partition coefficient (Wildman–Crippen LogP) is 2.83. The molecule has 2 rings (SSSR count). The molecule has 0 bridgehead atoms. The van der Waals surface area contributed by atoms with Crippen LogP contribution in [0.3, 0.4) is 0 Å². The van der Waals surface area contributed by atoms with E-state index in [1.165, 1.54) is 0 Å². The molecule has 1 aromatic heterocycles. The summed E-state index contributed by atoms with van der Waals surface area (Å²) in [4.78, 5) is 14.0. The Bertz CT molecular complexity index is 516. The van der Waals surface area contributed by atoms with Crippen LogP contribution in [0, 0.1) is 6.92 Å². The predicted molar refractivity (Wildman–Crippen MR) is 55.0 cm³/mol. The van der Waals surface area contributed by atoms with E-state index in [0.717, 1.165) is 5.52 Å². The molecule has 0 fully saturated rings. The SMILES string of the molecule is Cc1[nH]c2cccc(Cl)c2c1C(=O)O. The number of halogens is 1. The second-order valence-corrected chi connectivity index (χ2v) is 3.50. The molecule has 14 heavy (non-hydrogen) atoms. The molecule has 3 nitrogen and oxygen atoms in total. The van der Waals surface area contributed by atoms with Crippen molar-refractivity contribution in [1.82, 2.24) is 4.98 Å². The molecule has 0 unspecified atom stereocenters. The Morgan fingerprint density at radius 3 is 2.86 bits per heavy atom. The lowest BCUT2D eigenvalue weighted by molar-refractivity contribution is 0.0698. The third kappa shape index (κ3) is 1.17. The number of carbonyl (C=O) groups is 1. The third-order valence-electron chi connectivity index (χ3n) is 2.17. The number of hydrogen-bond donors (Lipinski definition) is 2. The zero-order valence-electron chi connectivity index (χ0n) is 7.47. The summed E-state index contributed by atoms with van der Waals surface area (Å²) in [7, 11) is 0. The van der Waals surface area contributed by atoms with Gasteiger partial charge in [-0.15, -0.1) is 0 Å². The molecule has 0 saturated heterocycles. The average Bonchev–Trinajstić information content (AvgIpc) is 2.42. The Balaban J connectivity index is 2.93. The molecule has 1 heterocycles. The number of rotatable bonds is 1. The van der Waals surface area contributed by atoms with Crippen LogP contribution in [0.5, 0.6) is 0 Å². The average molecular weight is 210 g/mol. The minimum atomic E-state index is -0.957. The number of carboxylic acids is 1. The van der Waals surface area contributed by atoms with Crippen LogP contribution in [0.15, 0.2) is 18.2 Å². The molecule has 72 valence electrons. The van der Waals surface area contributed by atoms with Gasteiger partial charge in [-0.3, -0.25) is 0 Å². The lowest BCUT2D eigenvalue weighted by Gasteiger charge is -1.95. The number of fused-ring (bicyclic) bond motifs is 1. The van der Waals surface area contributed by atoms with E-state index < -0.39 is 5.97 Å². The lowest BCUT2D eigenvalue weighted by Crippen LogP contribution is -1.97. The highest BCUT2D eigenvalue weighted by Gasteiger charge is 2.16. The van der Waals surface area contributed by atoms with Gasteiger partial charge in [0.2, 0.25) is 0 Å². The highest BCUT2D eigenvalue weighted by Crippen LogP contribution is 2.28. The molecular formula is C10H8ClNO2. The van der Waals surface area contributed by atoms with Gasteiger partial charge in [0.25, 0.3) is 0 Å². The number of hydrogen-bond acceptors (Lipinski definition) is 1. The topological polar surface area (TPSA) is 53.1 Å². The van der Waals surface area contributed by atoms with Crippen molar-refractivity contribution in [3.63, 3.8) is 0 Å². The first-order valence-corrected chi connectivity index (χ1v) is 4.49. The van der Waals surface area contributed by atoms with E-state index in [1.807, 2.05) is 0 Å². The Kier molecular flexibility index (Phi) is 1.97. The van der Waals surface area contributed by atoms with Crippen LogP contribution in [0.2, 0.25) is 5.02 Å². The number of carboxylic acid groups (broad SMARTS) is 1. The summed E-state index contributed by atoms with van der Waals surface area (Å²) in [5, 5.41) is 10.0. The van der Waals surface area contributed by atoms with Gasteiger partial charge < -0.3 is 10.1 Å². The fourth-order valence-corrected chi connectivity index (χ4v) is 1.87. The van der Waals surface area contributed by atoms with Crippen LogP contribution in [0.4, 0.5) is 0 Å². The number of benzene rings is 1. The van der Waals surface area contributed by atoms with E-state index >= 15 is 0 Å². The van der Waals surface area contributed by atoms with Gasteiger partial charge in [0.1, 0.15) is 0 Å². The monoisotopic (exact) mass is 209 g/mol. The summed E-state index contributed by atoms with van der Waals surface area (Å²) < 4.78 is 0. The lowest BCUT2D eigenvalue weighted by atomic mass is 10.1. The first kappa shape index (κ1) is 9.09. The van der Waals surface area contributed by atoms with Crippen molar-refractivity contribution in [2.45, 2.75) is 6.92 Å². The van der Waals surface area contributed by atoms with Crippen molar-refractivity contribution in [2.24, 2.45) is 0 Å². The number of H-pyrrole nitrogens is 1. The number of aromatic carboxylic acids is 1. The first-order valence-electron chi connectivity index (χ1n) is 4.11. The normalized spacial score (nSPS) is 10.7. The van der Waals surface area contributed by atoms with Crippen LogP contribution < -0.4 is 0 Å². The fourth-order valence-electron chi connectivity index (χ4n) is 1.60. The molecule has 0 saturated carbocycles. The second kappa shape index (κ2) is 3.03. The standard InChI is InChI=1S/C10H8ClNO2/c1-5-8(10(13)14)9-6(11)3-2-4-7(9)12-5/h2-4,12H,1H3,(H,13,14). The molecule has 0 aliphatic rings. The molecular weight excluding hydrogens is 202 g/mol. The largest absolute Gasteiger partial charge is 0.478 e.